The second kappa shape index (κ2) is 5.79. The van der Waals surface area contributed by atoms with Crippen molar-refractivity contribution in [1.82, 2.24) is 4.90 Å². The highest BCUT2D eigenvalue weighted by Crippen LogP contribution is 2.41. The van der Waals surface area contributed by atoms with E-state index in [2.05, 4.69) is 0 Å². The first-order valence-electron chi connectivity index (χ1n) is 6.28. The number of nitrogens with zero attached hydrogens (tertiary/aromatic N) is 1. The van der Waals surface area contributed by atoms with Gasteiger partial charge in [-0.3, -0.25) is 9.59 Å². The highest BCUT2D eigenvalue weighted by Gasteiger charge is 2.44. The van der Waals surface area contributed by atoms with E-state index in [4.69, 9.17) is 0 Å². The molecule has 0 aromatic carbocycles. The standard InChI is InChI=1S/C12H18F3NO3/c1-2-16(8-12(13,14)15)9(17)7-11(10(18)19)5-3-4-6-11/h2-8H2,1H3,(H,18,19). The van der Waals surface area contributed by atoms with Gasteiger partial charge in [-0.25, -0.2) is 0 Å². The molecule has 0 atom stereocenters. The Hall–Kier alpha value is -1.27. The zero-order chi connectivity index (χ0) is 14.7. The molecule has 1 rings (SSSR count). The van der Waals surface area contributed by atoms with Gasteiger partial charge in [0.05, 0.1) is 5.41 Å². The van der Waals surface area contributed by atoms with Crippen LogP contribution in [0.3, 0.4) is 0 Å². The van der Waals surface area contributed by atoms with E-state index in [1.165, 1.54) is 6.92 Å². The number of carboxylic acid groups (broad SMARTS) is 1. The minimum Gasteiger partial charge on any atom is -0.481 e. The van der Waals surface area contributed by atoms with Gasteiger partial charge in [0.1, 0.15) is 6.54 Å². The average Bonchev–Trinajstić information content (AvgIpc) is 2.74. The molecule has 19 heavy (non-hydrogen) atoms. The first-order chi connectivity index (χ1) is 8.70. The fourth-order valence-electron chi connectivity index (χ4n) is 2.51. The van der Waals surface area contributed by atoms with Crippen LogP contribution in [0, 0.1) is 5.41 Å². The molecule has 0 unspecified atom stereocenters. The average molecular weight is 281 g/mol. The van der Waals surface area contributed by atoms with Crippen LogP contribution in [0.25, 0.3) is 0 Å². The Bertz CT molecular complexity index is 349. The number of amides is 1. The minimum atomic E-state index is -4.46. The Morgan fingerprint density at radius 3 is 2.16 bits per heavy atom. The largest absolute Gasteiger partial charge is 0.481 e. The molecule has 1 aliphatic carbocycles. The smallest absolute Gasteiger partial charge is 0.406 e. The summed E-state index contributed by atoms with van der Waals surface area (Å²) in [4.78, 5) is 23.8. The van der Waals surface area contributed by atoms with Crippen molar-refractivity contribution < 1.29 is 27.9 Å². The van der Waals surface area contributed by atoms with Gasteiger partial charge < -0.3 is 10.0 Å². The third-order valence-electron chi connectivity index (χ3n) is 3.61. The molecule has 4 nitrogen and oxygen atoms in total. The molecule has 1 N–H and O–H groups in total. The third kappa shape index (κ3) is 4.11. The molecule has 0 aromatic rings. The van der Waals surface area contributed by atoms with E-state index >= 15 is 0 Å². The molecule has 0 heterocycles. The zero-order valence-corrected chi connectivity index (χ0v) is 10.8. The maximum atomic E-state index is 12.3. The van der Waals surface area contributed by atoms with Gasteiger partial charge in [-0.05, 0) is 19.8 Å². The second-order valence-corrected chi connectivity index (χ2v) is 4.99. The number of hydrogen-bond acceptors (Lipinski definition) is 2. The molecule has 110 valence electrons. The summed E-state index contributed by atoms with van der Waals surface area (Å²) in [6.07, 6.45) is -2.69. The summed E-state index contributed by atoms with van der Waals surface area (Å²) in [6, 6.07) is 0. The molecule has 1 saturated carbocycles. The SMILES string of the molecule is CCN(CC(F)(F)F)C(=O)CC1(C(=O)O)CCCC1. The number of hydrogen-bond donors (Lipinski definition) is 1. The van der Waals surface area contributed by atoms with Gasteiger partial charge in [0, 0.05) is 13.0 Å². The summed E-state index contributed by atoms with van der Waals surface area (Å²) >= 11 is 0. The summed E-state index contributed by atoms with van der Waals surface area (Å²) in [5.74, 6) is -1.81. The summed E-state index contributed by atoms with van der Waals surface area (Å²) < 4.78 is 36.9. The first-order valence-corrected chi connectivity index (χ1v) is 6.28. The molecule has 0 saturated heterocycles. The Labute approximate surface area is 109 Å². The third-order valence-corrected chi connectivity index (χ3v) is 3.61. The molecular weight excluding hydrogens is 263 g/mol. The van der Waals surface area contributed by atoms with Crippen molar-refractivity contribution in [3.63, 3.8) is 0 Å². The van der Waals surface area contributed by atoms with Crippen LogP contribution in [0.2, 0.25) is 0 Å². The topological polar surface area (TPSA) is 57.6 Å². The lowest BCUT2D eigenvalue weighted by Crippen LogP contribution is -2.42. The fourth-order valence-corrected chi connectivity index (χ4v) is 2.51. The summed E-state index contributed by atoms with van der Waals surface area (Å²) in [6.45, 7) is 0.0534. The van der Waals surface area contributed by atoms with Gasteiger partial charge in [0.2, 0.25) is 5.91 Å². The van der Waals surface area contributed by atoms with Crippen LogP contribution < -0.4 is 0 Å². The number of rotatable bonds is 5. The lowest BCUT2D eigenvalue weighted by molar-refractivity contribution is -0.165. The van der Waals surface area contributed by atoms with Gasteiger partial charge in [0.25, 0.3) is 0 Å². The number of carboxylic acids is 1. The highest BCUT2D eigenvalue weighted by atomic mass is 19.4. The molecule has 0 bridgehead atoms. The molecule has 1 fully saturated rings. The van der Waals surface area contributed by atoms with Crippen molar-refractivity contribution in [3.8, 4) is 0 Å². The lowest BCUT2D eigenvalue weighted by atomic mass is 9.82. The van der Waals surface area contributed by atoms with Gasteiger partial charge >= 0.3 is 12.1 Å². The van der Waals surface area contributed by atoms with Gasteiger partial charge in [-0.2, -0.15) is 13.2 Å². The molecule has 0 aromatic heterocycles. The normalized spacial score (nSPS) is 18.3. The van der Waals surface area contributed by atoms with Crippen LogP contribution in [0.15, 0.2) is 0 Å². The Morgan fingerprint density at radius 1 is 1.26 bits per heavy atom. The monoisotopic (exact) mass is 281 g/mol. The maximum absolute atomic E-state index is 12.3. The van der Waals surface area contributed by atoms with Crippen LogP contribution >= 0.6 is 0 Å². The Kier molecular flexibility index (Phi) is 4.81. The summed E-state index contributed by atoms with van der Waals surface area (Å²) in [7, 11) is 0. The maximum Gasteiger partial charge on any atom is 0.406 e. The quantitative estimate of drug-likeness (QED) is 0.842. The van der Waals surface area contributed by atoms with E-state index in [9.17, 15) is 27.9 Å². The van der Waals surface area contributed by atoms with Gasteiger partial charge in [0.15, 0.2) is 0 Å². The summed E-state index contributed by atoms with van der Waals surface area (Å²) in [5.41, 5.74) is -1.17. The van der Waals surface area contributed by atoms with Crippen molar-refractivity contribution in [3.05, 3.63) is 0 Å². The van der Waals surface area contributed by atoms with Crippen molar-refractivity contribution in [2.24, 2.45) is 5.41 Å². The highest BCUT2D eigenvalue weighted by molar-refractivity contribution is 5.85. The van der Waals surface area contributed by atoms with Crippen LogP contribution in [0.1, 0.15) is 39.0 Å². The molecule has 1 aliphatic rings. The number of halogens is 3. The fraction of sp³-hybridized carbons (Fsp3) is 0.833. The van der Waals surface area contributed by atoms with Crippen molar-refractivity contribution in [2.75, 3.05) is 13.1 Å². The second-order valence-electron chi connectivity index (χ2n) is 4.99. The van der Waals surface area contributed by atoms with Crippen LogP contribution in [0.5, 0.6) is 0 Å². The van der Waals surface area contributed by atoms with Crippen LogP contribution in [-0.4, -0.2) is 41.1 Å². The predicted molar refractivity (Wildman–Crippen MR) is 61.5 cm³/mol. The van der Waals surface area contributed by atoms with Crippen molar-refractivity contribution >= 4 is 11.9 Å². The van der Waals surface area contributed by atoms with E-state index in [0.29, 0.717) is 30.6 Å². The van der Waals surface area contributed by atoms with E-state index in [1.807, 2.05) is 0 Å². The number of alkyl halides is 3. The number of carbonyl (C=O) groups excluding carboxylic acids is 1. The van der Waals surface area contributed by atoms with Crippen LogP contribution in [-0.2, 0) is 9.59 Å². The number of aliphatic carboxylic acids is 1. The minimum absolute atomic E-state index is 0.0754. The number of carbonyl (C=O) groups is 2. The van der Waals surface area contributed by atoms with Crippen molar-refractivity contribution in [2.45, 2.75) is 45.2 Å². The van der Waals surface area contributed by atoms with Crippen molar-refractivity contribution in [1.29, 1.82) is 0 Å². The molecule has 0 radical (unpaired) electrons. The van der Waals surface area contributed by atoms with Crippen LogP contribution in [0.4, 0.5) is 13.2 Å². The van der Waals surface area contributed by atoms with E-state index in [1.54, 1.807) is 0 Å². The molecule has 7 heteroatoms. The van der Waals surface area contributed by atoms with E-state index < -0.39 is 30.0 Å². The van der Waals surface area contributed by atoms with Gasteiger partial charge in [-0.15, -0.1) is 0 Å². The predicted octanol–water partition coefficient (Wildman–Crippen LogP) is 2.43. The van der Waals surface area contributed by atoms with Gasteiger partial charge in [-0.1, -0.05) is 12.8 Å². The first kappa shape index (κ1) is 15.8. The molecular formula is C12H18F3NO3. The molecule has 0 spiro atoms. The zero-order valence-electron chi connectivity index (χ0n) is 10.8. The molecule has 0 aliphatic heterocycles. The summed E-state index contributed by atoms with van der Waals surface area (Å²) in [5, 5.41) is 9.21. The Morgan fingerprint density at radius 2 is 1.79 bits per heavy atom. The Balaban J connectivity index is 2.73. The lowest BCUT2D eigenvalue weighted by Gasteiger charge is -2.28. The molecule has 1 amide bonds. The van der Waals surface area contributed by atoms with E-state index in [0.717, 1.165) is 0 Å². The van der Waals surface area contributed by atoms with E-state index in [-0.39, 0.29) is 13.0 Å².